The summed E-state index contributed by atoms with van der Waals surface area (Å²) in [5, 5.41) is 0. The third-order valence-corrected chi connectivity index (χ3v) is 4.86. The van der Waals surface area contributed by atoms with Gasteiger partial charge in [0.1, 0.15) is 0 Å². The smallest absolute Gasteiger partial charge is 0.491 e. The van der Waals surface area contributed by atoms with Crippen LogP contribution < -0.4 is 9.47 Å². The molecule has 0 aliphatic carbocycles. The standard InChI is InChI=1S/C17H25BO4S/c1-16(2)17(3,4)22-18(21-16)13(11-23)9-12-7-8-14(19-5)15(10-12)20-6/h7-10,23H,11H2,1-6H3. The number of thiol groups is 1. The van der Waals surface area contributed by atoms with Crippen LogP contribution in [0.4, 0.5) is 0 Å². The van der Waals surface area contributed by atoms with Crippen LogP contribution in [0.3, 0.4) is 0 Å². The highest BCUT2D eigenvalue weighted by Gasteiger charge is 2.52. The molecule has 0 N–H and O–H groups in total. The van der Waals surface area contributed by atoms with Crippen molar-refractivity contribution < 1.29 is 18.8 Å². The van der Waals surface area contributed by atoms with Crippen LogP contribution in [0.1, 0.15) is 33.3 Å². The summed E-state index contributed by atoms with van der Waals surface area (Å²) < 4.78 is 22.8. The molecule has 0 amide bonds. The third kappa shape index (κ3) is 3.70. The average Bonchev–Trinajstić information content (AvgIpc) is 2.72. The van der Waals surface area contributed by atoms with E-state index in [4.69, 9.17) is 18.8 Å². The van der Waals surface area contributed by atoms with Crippen LogP contribution in [0.25, 0.3) is 6.08 Å². The van der Waals surface area contributed by atoms with Crippen LogP contribution in [0, 0.1) is 0 Å². The molecule has 0 radical (unpaired) electrons. The largest absolute Gasteiger partial charge is 0.493 e. The molecule has 0 aromatic heterocycles. The molecule has 1 aliphatic rings. The fraction of sp³-hybridized carbons (Fsp3) is 0.529. The number of rotatable bonds is 5. The Morgan fingerprint density at radius 1 is 1.09 bits per heavy atom. The van der Waals surface area contributed by atoms with E-state index >= 15 is 0 Å². The van der Waals surface area contributed by atoms with E-state index in [1.807, 2.05) is 52.0 Å². The fourth-order valence-corrected chi connectivity index (χ4v) is 2.58. The monoisotopic (exact) mass is 336 g/mol. The third-order valence-electron chi connectivity index (χ3n) is 4.50. The second-order valence-corrected chi connectivity index (χ2v) is 6.90. The minimum Gasteiger partial charge on any atom is -0.493 e. The van der Waals surface area contributed by atoms with Gasteiger partial charge in [-0.15, -0.1) is 0 Å². The molecule has 0 spiro atoms. The number of benzene rings is 1. The number of methoxy groups -OCH3 is 2. The fourth-order valence-electron chi connectivity index (χ4n) is 2.34. The van der Waals surface area contributed by atoms with Gasteiger partial charge in [0.05, 0.1) is 25.4 Å². The Balaban J connectivity index is 2.30. The quantitative estimate of drug-likeness (QED) is 0.658. The Labute approximate surface area is 144 Å². The van der Waals surface area contributed by atoms with Crippen molar-refractivity contribution in [2.24, 2.45) is 0 Å². The van der Waals surface area contributed by atoms with Crippen LogP contribution in [0.2, 0.25) is 0 Å². The lowest BCUT2D eigenvalue weighted by Crippen LogP contribution is -2.41. The summed E-state index contributed by atoms with van der Waals surface area (Å²) in [4.78, 5) is 0. The first-order valence-corrected chi connectivity index (χ1v) is 8.26. The normalized spacial score (nSPS) is 19.8. The zero-order valence-corrected chi connectivity index (χ0v) is 15.6. The summed E-state index contributed by atoms with van der Waals surface area (Å²) in [6, 6.07) is 5.77. The van der Waals surface area contributed by atoms with Crippen molar-refractivity contribution >= 4 is 25.8 Å². The second kappa shape index (κ2) is 6.79. The van der Waals surface area contributed by atoms with E-state index in [0.29, 0.717) is 17.3 Å². The Bertz CT molecular complexity index is 582. The molecule has 1 fully saturated rings. The van der Waals surface area contributed by atoms with Gasteiger partial charge in [0.2, 0.25) is 0 Å². The first-order chi connectivity index (χ1) is 10.7. The van der Waals surface area contributed by atoms with Crippen molar-refractivity contribution in [2.45, 2.75) is 38.9 Å². The van der Waals surface area contributed by atoms with Gasteiger partial charge in [0, 0.05) is 5.75 Å². The molecule has 4 nitrogen and oxygen atoms in total. The van der Waals surface area contributed by atoms with E-state index in [9.17, 15) is 0 Å². The highest BCUT2D eigenvalue weighted by molar-refractivity contribution is 7.80. The molecule has 1 saturated heterocycles. The second-order valence-electron chi connectivity index (χ2n) is 6.58. The highest BCUT2D eigenvalue weighted by atomic mass is 32.1. The van der Waals surface area contributed by atoms with Gasteiger partial charge in [-0.2, -0.15) is 12.6 Å². The first kappa shape index (κ1) is 18.2. The lowest BCUT2D eigenvalue weighted by Gasteiger charge is -2.32. The molecule has 2 rings (SSSR count). The zero-order chi connectivity index (χ0) is 17.3. The van der Waals surface area contributed by atoms with Gasteiger partial charge < -0.3 is 18.8 Å². The maximum atomic E-state index is 6.10. The summed E-state index contributed by atoms with van der Waals surface area (Å²) in [7, 11) is 2.85. The highest BCUT2D eigenvalue weighted by Crippen LogP contribution is 2.39. The molecule has 1 heterocycles. The van der Waals surface area contributed by atoms with E-state index in [-0.39, 0.29) is 11.2 Å². The molecule has 6 heteroatoms. The Morgan fingerprint density at radius 2 is 1.65 bits per heavy atom. The Hall–Kier alpha value is -1.11. The molecule has 1 aromatic carbocycles. The molecule has 0 unspecified atom stereocenters. The molecular weight excluding hydrogens is 311 g/mol. The van der Waals surface area contributed by atoms with E-state index < -0.39 is 7.12 Å². The van der Waals surface area contributed by atoms with Gasteiger partial charge in [-0.25, -0.2) is 0 Å². The minimum atomic E-state index is -0.398. The molecule has 1 aromatic rings. The van der Waals surface area contributed by atoms with Gasteiger partial charge in [0.25, 0.3) is 0 Å². The molecule has 0 atom stereocenters. The van der Waals surface area contributed by atoms with Gasteiger partial charge >= 0.3 is 7.12 Å². The van der Waals surface area contributed by atoms with Crippen molar-refractivity contribution in [2.75, 3.05) is 20.0 Å². The summed E-state index contributed by atoms with van der Waals surface area (Å²) in [6.07, 6.45) is 2.02. The molecule has 0 bridgehead atoms. The van der Waals surface area contributed by atoms with Crippen LogP contribution in [-0.2, 0) is 9.31 Å². The number of ether oxygens (including phenoxy) is 2. The average molecular weight is 336 g/mol. The van der Waals surface area contributed by atoms with E-state index in [1.54, 1.807) is 14.2 Å². The zero-order valence-electron chi connectivity index (χ0n) is 14.7. The van der Waals surface area contributed by atoms with Crippen LogP contribution in [0.15, 0.2) is 23.7 Å². The Morgan fingerprint density at radius 3 is 2.13 bits per heavy atom. The number of hydrogen-bond donors (Lipinski definition) is 1. The summed E-state index contributed by atoms with van der Waals surface area (Å²) in [6.45, 7) is 8.16. The van der Waals surface area contributed by atoms with Crippen molar-refractivity contribution in [3.05, 3.63) is 29.2 Å². The van der Waals surface area contributed by atoms with Crippen LogP contribution >= 0.6 is 12.6 Å². The predicted molar refractivity (Wildman–Crippen MR) is 97.5 cm³/mol. The van der Waals surface area contributed by atoms with Crippen molar-refractivity contribution in [3.8, 4) is 11.5 Å². The SMILES string of the molecule is COc1ccc(C=C(CS)B2OC(C)(C)C(C)(C)O2)cc1OC. The summed E-state index contributed by atoms with van der Waals surface area (Å²) >= 11 is 4.44. The van der Waals surface area contributed by atoms with Crippen LogP contribution in [0.5, 0.6) is 11.5 Å². The van der Waals surface area contributed by atoms with Gasteiger partial charge in [-0.3, -0.25) is 0 Å². The predicted octanol–water partition coefficient (Wildman–Crippen LogP) is 3.65. The maximum Gasteiger partial charge on any atom is 0.491 e. The van der Waals surface area contributed by atoms with E-state index in [2.05, 4.69) is 12.6 Å². The molecular formula is C17H25BO4S. The van der Waals surface area contributed by atoms with Crippen LogP contribution in [-0.4, -0.2) is 38.3 Å². The Kier molecular flexibility index (Phi) is 5.39. The van der Waals surface area contributed by atoms with Crippen molar-refractivity contribution in [3.63, 3.8) is 0 Å². The van der Waals surface area contributed by atoms with Crippen molar-refractivity contribution in [1.82, 2.24) is 0 Å². The molecule has 126 valence electrons. The molecule has 1 aliphatic heterocycles. The van der Waals surface area contributed by atoms with Crippen molar-refractivity contribution in [1.29, 1.82) is 0 Å². The van der Waals surface area contributed by atoms with E-state index in [1.165, 1.54) is 0 Å². The maximum absolute atomic E-state index is 6.10. The summed E-state index contributed by atoms with van der Waals surface area (Å²) in [5.74, 6) is 1.94. The van der Waals surface area contributed by atoms with Gasteiger partial charge in [-0.1, -0.05) is 12.1 Å². The topological polar surface area (TPSA) is 36.9 Å². The lowest BCUT2D eigenvalue weighted by molar-refractivity contribution is 0.00578. The summed E-state index contributed by atoms with van der Waals surface area (Å²) in [5.41, 5.74) is 1.23. The minimum absolute atomic E-state index is 0.364. The lowest BCUT2D eigenvalue weighted by atomic mass is 9.78. The molecule has 0 saturated carbocycles. The van der Waals surface area contributed by atoms with Gasteiger partial charge in [-0.05, 0) is 50.9 Å². The van der Waals surface area contributed by atoms with Gasteiger partial charge in [0.15, 0.2) is 11.5 Å². The number of hydrogen-bond acceptors (Lipinski definition) is 5. The molecule has 23 heavy (non-hydrogen) atoms. The van der Waals surface area contributed by atoms with E-state index in [0.717, 1.165) is 11.0 Å². The first-order valence-electron chi connectivity index (χ1n) is 7.63.